The maximum atomic E-state index is 12.0. The summed E-state index contributed by atoms with van der Waals surface area (Å²) in [5.74, 6) is -0.729. The molecule has 0 heterocycles. The van der Waals surface area contributed by atoms with Crippen molar-refractivity contribution in [3.63, 3.8) is 0 Å². The second-order valence-electron chi connectivity index (χ2n) is 6.52. The third-order valence-corrected chi connectivity index (χ3v) is 4.52. The van der Waals surface area contributed by atoms with Crippen LogP contribution in [0.15, 0.2) is 72.8 Å². The molecule has 0 atom stereocenters. The summed E-state index contributed by atoms with van der Waals surface area (Å²) >= 11 is 5.18. The molecule has 3 aromatic carbocycles. The van der Waals surface area contributed by atoms with Gasteiger partial charge in [0.2, 0.25) is 5.91 Å². The molecule has 5 nitrogen and oxygen atoms in total. The van der Waals surface area contributed by atoms with Gasteiger partial charge in [0, 0.05) is 18.5 Å². The average Bonchev–Trinajstić information content (AvgIpc) is 2.73. The summed E-state index contributed by atoms with van der Waals surface area (Å²) in [5, 5.41) is 7.97. The lowest BCUT2D eigenvalue weighted by Crippen LogP contribution is -2.34. The molecule has 6 heteroatoms. The Labute approximate surface area is 175 Å². The van der Waals surface area contributed by atoms with Crippen molar-refractivity contribution < 1.29 is 14.3 Å². The van der Waals surface area contributed by atoms with E-state index in [9.17, 15) is 9.59 Å². The van der Waals surface area contributed by atoms with E-state index in [2.05, 4.69) is 10.6 Å². The van der Waals surface area contributed by atoms with E-state index < -0.39 is 5.97 Å². The first kappa shape index (κ1) is 20.5. The molecule has 3 aromatic rings. The van der Waals surface area contributed by atoms with Gasteiger partial charge in [-0.1, -0.05) is 60.7 Å². The van der Waals surface area contributed by atoms with Gasteiger partial charge in [-0.15, -0.1) is 0 Å². The van der Waals surface area contributed by atoms with Crippen LogP contribution in [0.5, 0.6) is 0 Å². The fourth-order valence-corrected chi connectivity index (χ4v) is 3.07. The zero-order valence-corrected chi connectivity index (χ0v) is 16.7. The Bertz CT molecular complexity index is 1010. The number of benzene rings is 3. The number of ether oxygens (including phenoxy) is 1. The Hall–Kier alpha value is -3.25. The Morgan fingerprint density at radius 2 is 1.59 bits per heavy atom. The second-order valence-corrected chi connectivity index (χ2v) is 6.93. The van der Waals surface area contributed by atoms with E-state index in [0.717, 1.165) is 22.0 Å². The summed E-state index contributed by atoms with van der Waals surface area (Å²) < 4.78 is 5.17. The van der Waals surface area contributed by atoms with Crippen LogP contribution in [-0.2, 0) is 20.7 Å². The van der Waals surface area contributed by atoms with Crippen LogP contribution in [0.25, 0.3) is 10.8 Å². The van der Waals surface area contributed by atoms with Crippen molar-refractivity contribution in [1.29, 1.82) is 0 Å². The Morgan fingerprint density at radius 1 is 0.862 bits per heavy atom. The molecular formula is C23H22N2O3S. The third-order valence-electron chi connectivity index (χ3n) is 4.31. The van der Waals surface area contributed by atoms with E-state index in [4.69, 9.17) is 17.0 Å². The molecule has 0 aromatic heterocycles. The van der Waals surface area contributed by atoms with Crippen LogP contribution in [0, 0.1) is 0 Å². The molecule has 2 N–H and O–H groups in total. The highest BCUT2D eigenvalue weighted by Gasteiger charge is 2.10. The van der Waals surface area contributed by atoms with Gasteiger partial charge >= 0.3 is 5.97 Å². The Morgan fingerprint density at radius 3 is 2.38 bits per heavy atom. The molecule has 29 heavy (non-hydrogen) atoms. The van der Waals surface area contributed by atoms with Crippen molar-refractivity contribution in [3.05, 3.63) is 78.4 Å². The molecule has 0 radical (unpaired) electrons. The van der Waals surface area contributed by atoms with Gasteiger partial charge in [0.25, 0.3) is 0 Å². The van der Waals surface area contributed by atoms with E-state index in [-0.39, 0.29) is 23.9 Å². The third kappa shape index (κ3) is 6.69. The monoisotopic (exact) mass is 406 g/mol. The van der Waals surface area contributed by atoms with E-state index in [1.807, 2.05) is 72.8 Å². The van der Waals surface area contributed by atoms with Gasteiger partial charge in [-0.05, 0) is 40.7 Å². The fraction of sp³-hybridized carbons (Fsp3) is 0.174. The number of carbonyl (C=O) groups excluding carboxylic acids is 2. The smallest absolute Gasteiger partial charge is 0.306 e. The molecule has 3 rings (SSSR count). The average molecular weight is 407 g/mol. The Balaban J connectivity index is 1.36. The van der Waals surface area contributed by atoms with Crippen molar-refractivity contribution in [3.8, 4) is 0 Å². The number of carbonyl (C=O) groups is 2. The van der Waals surface area contributed by atoms with Crippen molar-refractivity contribution >= 4 is 45.7 Å². The first-order valence-electron chi connectivity index (χ1n) is 9.39. The maximum Gasteiger partial charge on any atom is 0.306 e. The van der Waals surface area contributed by atoms with Crippen LogP contribution < -0.4 is 10.6 Å². The molecule has 0 aliphatic carbocycles. The van der Waals surface area contributed by atoms with Crippen molar-refractivity contribution in [2.45, 2.75) is 19.3 Å². The number of nitrogens with one attached hydrogen (secondary N) is 2. The number of rotatable bonds is 7. The fourth-order valence-electron chi connectivity index (χ4n) is 2.83. The van der Waals surface area contributed by atoms with Gasteiger partial charge in [-0.3, -0.25) is 9.59 Å². The molecule has 0 saturated heterocycles. The summed E-state index contributed by atoms with van der Waals surface area (Å²) in [6.45, 7) is 0.298. The van der Waals surface area contributed by atoms with Crippen LogP contribution in [-0.4, -0.2) is 23.6 Å². The number of hydrogen-bond acceptors (Lipinski definition) is 4. The Kier molecular flexibility index (Phi) is 7.30. The summed E-state index contributed by atoms with van der Waals surface area (Å²) in [7, 11) is 0. The number of amides is 1. The first-order chi connectivity index (χ1) is 14.1. The van der Waals surface area contributed by atoms with E-state index in [0.29, 0.717) is 13.0 Å². The highest BCUT2D eigenvalue weighted by molar-refractivity contribution is 7.80. The molecule has 148 valence electrons. The van der Waals surface area contributed by atoms with Crippen LogP contribution in [0.4, 0.5) is 5.69 Å². The number of anilines is 1. The molecule has 0 unspecified atom stereocenters. The summed E-state index contributed by atoms with van der Waals surface area (Å²) in [5.41, 5.74) is 1.89. The van der Waals surface area contributed by atoms with Gasteiger partial charge in [0.05, 0.1) is 13.0 Å². The van der Waals surface area contributed by atoms with Crippen LogP contribution >= 0.6 is 12.2 Å². The van der Waals surface area contributed by atoms with Gasteiger partial charge in [0.15, 0.2) is 5.11 Å². The van der Waals surface area contributed by atoms with Gasteiger partial charge < -0.3 is 15.4 Å². The number of esters is 1. The molecule has 0 spiro atoms. The minimum Gasteiger partial charge on any atom is -0.465 e. The topological polar surface area (TPSA) is 67.4 Å². The lowest BCUT2D eigenvalue weighted by Gasteiger charge is -2.10. The number of thiocarbonyl (C=S) groups is 1. The van der Waals surface area contributed by atoms with Crippen LogP contribution in [0.3, 0.4) is 0 Å². The van der Waals surface area contributed by atoms with E-state index in [1.54, 1.807) is 0 Å². The van der Waals surface area contributed by atoms with Crippen LogP contribution in [0.1, 0.15) is 18.4 Å². The largest absolute Gasteiger partial charge is 0.465 e. The normalized spacial score (nSPS) is 10.3. The van der Waals surface area contributed by atoms with E-state index in [1.165, 1.54) is 0 Å². The van der Waals surface area contributed by atoms with Crippen molar-refractivity contribution in [2.75, 3.05) is 11.9 Å². The zero-order chi connectivity index (χ0) is 20.5. The van der Waals surface area contributed by atoms with Gasteiger partial charge in [0.1, 0.15) is 0 Å². The minimum absolute atomic E-state index is 0.0131. The van der Waals surface area contributed by atoms with Crippen LogP contribution in [0.2, 0.25) is 0 Å². The molecule has 0 bridgehead atoms. The maximum absolute atomic E-state index is 12.0. The first-order valence-corrected chi connectivity index (χ1v) is 9.80. The standard InChI is InChI=1S/C23H22N2O3S/c26-21(12-13-22(27)28-15-14-17-6-2-1-3-7-17)25-23(29)24-20-11-10-18-8-4-5-9-19(18)16-20/h1-11,16H,12-15H2,(H2,24,25,26,29). The second kappa shape index (κ2) is 10.3. The van der Waals surface area contributed by atoms with E-state index >= 15 is 0 Å². The molecule has 0 saturated carbocycles. The summed E-state index contributed by atoms with van der Waals surface area (Å²) in [6.07, 6.45) is 0.682. The van der Waals surface area contributed by atoms with Crippen molar-refractivity contribution in [2.24, 2.45) is 0 Å². The lowest BCUT2D eigenvalue weighted by molar-refractivity contribution is -0.144. The van der Waals surface area contributed by atoms with Crippen molar-refractivity contribution in [1.82, 2.24) is 5.32 Å². The van der Waals surface area contributed by atoms with Gasteiger partial charge in [-0.25, -0.2) is 0 Å². The molecule has 0 aliphatic rings. The molecular weight excluding hydrogens is 384 g/mol. The SMILES string of the molecule is O=C(CCC(=O)OCCc1ccccc1)NC(=S)Nc1ccc2ccccc2c1. The van der Waals surface area contributed by atoms with Gasteiger partial charge in [-0.2, -0.15) is 0 Å². The molecule has 0 aliphatic heterocycles. The highest BCUT2D eigenvalue weighted by atomic mass is 32.1. The quantitative estimate of drug-likeness (QED) is 0.454. The predicted octanol–water partition coefficient (Wildman–Crippen LogP) is 4.22. The summed E-state index contributed by atoms with van der Waals surface area (Å²) in [6, 6.07) is 23.6. The predicted molar refractivity (Wildman–Crippen MR) is 119 cm³/mol. The number of fused-ring (bicyclic) bond motifs is 1. The number of hydrogen-bond donors (Lipinski definition) is 2. The molecule has 1 amide bonds. The zero-order valence-electron chi connectivity index (χ0n) is 15.9. The highest BCUT2D eigenvalue weighted by Crippen LogP contribution is 2.18. The summed E-state index contributed by atoms with van der Waals surface area (Å²) in [4.78, 5) is 23.8. The minimum atomic E-state index is -0.399. The lowest BCUT2D eigenvalue weighted by atomic mass is 10.1. The molecule has 0 fully saturated rings.